The van der Waals surface area contributed by atoms with E-state index in [0.29, 0.717) is 5.92 Å². The zero-order chi connectivity index (χ0) is 12.7. The molecule has 0 amide bonds. The van der Waals surface area contributed by atoms with Crippen LogP contribution in [-0.4, -0.2) is 18.5 Å². The fourth-order valence-corrected chi connectivity index (χ4v) is 4.14. The van der Waals surface area contributed by atoms with Gasteiger partial charge in [0.15, 0.2) is 0 Å². The Bertz CT molecular complexity index is 558. The van der Waals surface area contributed by atoms with Crippen molar-refractivity contribution in [2.75, 3.05) is 13.6 Å². The van der Waals surface area contributed by atoms with Gasteiger partial charge in [0.2, 0.25) is 0 Å². The summed E-state index contributed by atoms with van der Waals surface area (Å²) in [5, 5.41) is 0. The van der Waals surface area contributed by atoms with Crippen LogP contribution in [0.2, 0.25) is 0 Å². The van der Waals surface area contributed by atoms with Crippen molar-refractivity contribution in [3.63, 3.8) is 0 Å². The van der Waals surface area contributed by atoms with Gasteiger partial charge >= 0.3 is 0 Å². The van der Waals surface area contributed by atoms with Crippen LogP contribution in [0.15, 0.2) is 34.8 Å². The number of thiophene rings is 1. The average Bonchev–Trinajstić information content (AvgIpc) is 2.69. The third-order valence-corrected chi connectivity index (χ3v) is 5.10. The van der Waals surface area contributed by atoms with E-state index in [2.05, 4.69) is 65.1 Å². The molecule has 2 aromatic rings. The first kappa shape index (κ1) is 12.4. The number of fused-ring (bicyclic) bond motifs is 1. The van der Waals surface area contributed by atoms with Crippen molar-refractivity contribution in [3.8, 4) is 0 Å². The second-order valence-corrected chi connectivity index (χ2v) is 7.29. The SMILES string of the molecule is Cc1cc2c(s1)CN(C)C[C@@H]2c1ccc(Br)cc1. The van der Waals surface area contributed by atoms with E-state index in [4.69, 9.17) is 0 Å². The minimum atomic E-state index is 0.525. The smallest absolute Gasteiger partial charge is 0.0328 e. The van der Waals surface area contributed by atoms with E-state index in [9.17, 15) is 0 Å². The second-order valence-electron chi connectivity index (χ2n) is 5.04. The Labute approximate surface area is 121 Å². The predicted octanol–water partition coefficient (Wildman–Crippen LogP) is 4.40. The summed E-state index contributed by atoms with van der Waals surface area (Å²) in [6.07, 6.45) is 0. The van der Waals surface area contributed by atoms with E-state index in [1.54, 1.807) is 0 Å². The number of aryl methyl sites for hydroxylation is 1. The number of hydrogen-bond acceptors (Lipinski definition) is 2. The zero-order valence-electron chi connectivity index (χ0n) is 10.6. The molecular formula is C15H16BrNS. The van der Waals surface area contributed by atoms with Crippen molar-refractivity contribution >= 4 is 27.3 Å². The maximum absolute atomic E-state index is 3.51. The maximum Gasteiger partial charge on any atom is 0.0328 e. The highest BCUT2D eigenvalue weighted by atomic mass is 79.9. The van der Waals surface area contributed by atoms with Gasteiger partial charge in [-0.3, -0.25) is 0 Å². The molecule has 1 aromatic heterocycles. The summed E-state index contributed by atoms with van der Waals surface area (Å²) < 4.78 is 1.15. The van der Waals surface area contributed by atoms with Crippen LogP contribution in [-0.2, 0) is 6.54 Å². The fraction of sp³-hybridized carbons (Fsp3) is 0.333. The summed E-state index contributed by atoms with van der Waals surface area (Å²) in [5.41, 5.74) is 2.96. The first-order valence-electron chi connectivity index (χ1n) is 6.16. The standard InChI is InChI=1S/C15H16BrNS/c1-10-7-13-14(8-17(2)9-15(13)18-10)11-3-5-12(16)6-4-11/h3-7,14H,8-9H2,1-2H3/t14-/m1/s1. The van der Waals surface area contributed by atoms with E-state index < -0.39 is 0 Å². The van der Waals surface area contributed by atoms with E-state index in [-0.39, 0.29) is 0 Å². The number of benzene rings is 1. The van der Waals surface area contributed by atoms with Crippen molar-refractivity contribution < 1.29 is 0 Å². The van der Waals surface area contributed by atoms with Crippen molar-refractivity contribution in [1.29, 1.82) is 0 Å². The lowest BCUT2D eigenvalue weighted by Crippen LogP contribution is -2.29. The molecule has 94 valence electrons. The first-order valence-corrected chi connectivity index (χ1v) is 7.77. The molecule has 0 spiro atoms. The number of halogens is 1. The molecule has 3 heteroatoms. The molecule has 2 heterocycles. The van der Waals surface area contributed by atoms with E-state index >= 15 is 0 Å². The van der Waals surface area contributed by atoms with Crippen LogP contribution >= 0.6 is 27.3 Å². The molecule has 0 saturated carbocycles. The third kappa shape index (κ3) is 2.27. The van der Waals surface area contributed by atoms with E-state index in [0.717, 1.165) is 17.6 Å². The van der Waals surface area contributed by atoms with Gasteiger partial charge in [-0.2, -0.15) is 0 Å². The number of rotatable bonds is 1. The molecule has 1 aliphatic heterocycles. The van der Waals surface area contributed by atoms with Gasteiger partial charge in [0.1, 0.15) is 0 Å². The lowest BCUT2D eigenvalue weighted by Gasteiger charge is -2.30. The first-order chi connectivity index (χ1) is 8.63. The Balaban J connectivity index is 2.04. The third-order valence-electron chi connectivity index (χ3n) is 3.52. The lowest BCUT2D eigenvalue weighted by molar-refractivity contribution is 0.299. The monoisotopic (exact) mass is 321 g/mol. The summed E-state index contributed by atoms with van der Waals surface area (Å²) >= 11 is 5.45. The molecule has 0 N–H and O–H groups in total. The van der Waals surface area contributed by atoms with Crippen LogP contribution in [0.5, 0.6) is 0 Å². The van der Waals surface area contributed by atoms with Gasteiger partial charge in [-0.05, 0) is 43.3 Å². The molecule has 0 unspecified atom stereocenters. The highest BCUT2D eigenvalue weighted by Crippen LogP contribution is 2.37. The molecule has 1 aromatic carbocycles. The van der Waals surface area contributed by atoms with Crippen LogP contribution in [0, 0.1) is 6.92 Å². The molecule has 0 aliphatic carbocycles. The number of likely N-dealkylation sites (N-methyl/N-ethyl adjacent to an activating group) is 1. The molecule has 18 heavy (non-hydrogen) atoms. The molecule has 1 nitrogen and oxygen atoms in total. The molecule has 0 radical (unpaired) electrons. The Morgan fingerprint density at radius 3 is 2.72 bits per heavy atom. The lowest BCUT2D eigenvalue weighted by atomic mass is 9.88. The Morgan fingerprint density at radius 2 is 2.00 bits per heavy atom. The summed E-state index contributed by atoms with van der Waals surface area (Å²) in [5.74, 6) is 0.525. The van der Waals surface area contributed by atoms with Crippen LogP contribution in [0.1, 0.15) is 26.8 Å². The second kappa shape index (κ2) is 4.80. The zero-order valence-corrected chi connectivity index (χ0v) is 13.0. The summed E-state index contributed by atoms with van der Waals surface area (Å²) in [6.45, 7) is 4.42. The van der Waals surface area contributed by atoms with Gasteiger partial charge in [-0.1, -0.05) is 28.1 Å². The van der Waals surface area contributed by atoms with Crippen LogP contribution in [0.25, 0.3) is 0 Å². The minimum Gasteiger partial charge on any atom is -0.300 e. The summed E-state index contributed by atoms with van der Waals surface area (Å²) in [4.78, 5) is 5.39. The van der Waals surface area contributed by atoms with Gasteiger partial charge in [-0.15, -0.1) is 11.3 Å². The van der Waals surface area contributed by atoms with E-state index in [1.807, 2.05) is 11.3 Å². The largest absolute Gasteiger partial charge is 0.300 e. The van der Waals surface area contributed by atoms with Crippen molar-refractivity contribution in [3.05, 3.63) is 55.7 Å². The molecular weight excluding hydrogens is 306 g/mol. The topological polar surface area (TPSA) is 3.24 Å². The van der Waals surface area contributed by atoms with Crippen molar-refractivity contribution in [2.24, 2.45) is 0 Å². The van der Waals surface area contributed by atoms with E-state index in [1.165, 1.54) is 20.9 Å². The van der Waals surface area contributed by atoms with Gasteiger partial charge < -0.3 is 4.90 Å². The molecule has 1 atom stereocenters. The molecule has 0 fully saturated rings. The summed E-state index contributed by atoms with van der Waals surface area (Å²) in [6, 6.07) is 11.1. The average molecular weight is 322 g/mol. The summed E-state index contributed by atoms with van der Waals surface area (Å²) in [7, 11) is 2.21. The number of nitrogens with zero attached hydrogens (tertiary/aromatic N) is 1. The van der Waals surface area contributed by atoms with Crippen molar-refractivity contribution in [2.45, 2.75) is 19.4 Å². The fourth-order valence-electron chi connectivity index (χ4n) is 2.70. The van der Waals surface area contributed by atoms with Crippen LogP contribution < -0.4 is 0 Å². The molecule has 1 aliphatic rings. The normalized spacial score (nSPS) is 19.8. The predicted molar refractivity (Wildman–Crippen MR) is 81.4 cm³/mol. The minimum absolute atomic E-state index is 0.525. The molecule has 0 bridgehead atoms. The molecule has 0 saturated heterocycles. The highest BCUT2D eigenvalue weighted by Gasteiger charge is 2.26. The maximum atomic E-state index is 3.51. The highest BCUT2D eigenvalue weighted by molar-refractivity contribution is 9.10. The Morgan fingerprint density at radius 1 is 1.28 bits per heavy atom. The van der Waals surface area contributed by atoms with Gasteiger partial charge in [0, 0.05) is 33.2 Å². The Kier molecular flexibility index (Phi) is 3.31. The van der Waals surface area contributed by atoms with Crippen molar-refractivity contribution in [1.82, 2.24) is 4.90 Å². The number of hydrogen-bond donors (Lipinski definition) is 0. The van der Waals surface area contributed by atoms with Crippen LogP contribution in [0.4, 0.5) is 0 Å². The van der Waals surface area contributed by atoms with Crippen LogP contribution in [0.3, 0.4) is 0 Å². The Hall–Kier alpha value is -0.640. The van der Waals surface area contributed by atoms with Gasteiger partial charge in [0.25, 0.3) is 0 Å². The molecule has 3 rings (SSSR count). The van der Waals surface area contributed by atoms with Gasteiger partial charge in [0.05, 0.1) is 0 Å². The quantitative estimate of drug-likeness (QED) is 0.752. The van der Waals surface area contributed by atoms with Gasteiger partial charge in [-0.25, -0.2) is 0 Å².